The average Bonchev–Trinajstić information content (AvgIpc) is 3.20. The van der Waals surface area contributed by atoms with E-state index in [9.17, 15) is 14.4 Å². The average molecular weight is 452 g/mol. The van der Waals surface area contributed by atoms with Crippen LogP contribution in [0.3, 0.4) is 0 Å². The molecular formula is C25H28N4O4. The van der Waals surface area contributed by atoms with Crippen molar-refractivity contribution in [2.45, 2.75) is 38.4 Å². The highest BCUT2D eigenvalue weighted by atomic mass is 16.5. The summed E-state index contributed by atoms with van der Waals surface area (Å²) in [7, 11) is 0. The van der Waals surface area contributed by atoms with E-state index in [1.54, 1.807) is 24.3 Å². The van der Waals surface area contributed by atoms with Crippen LogP contribution in [0.15, 0.2) is 42.5 Å². The lowest BCUT2D eigenvalue weighted by atomic mass is 10.0. The van der Waals surface area contributed by atoms with E-state index in [1.165, 1.54) is 0 Å². The molecule has 3 aliphatic rings. The van der Waals surface area contributed by atoms with E-state index in [4.69, 9.17) is 8.85 Å². The Morgan fingerprint density at radius 1 is 1.12 bits per heavy atom. The van der Waals surface area contributed by atoms with Gasteiger partial charge in [0.2, 0.25) is 11.8 Å². The molecule has 0 spiro atoms. The zero-order valence-corrected chi connectivity index (χ0v) is 18.2. The number of hydrogen-bond donors (Lipinski definition) is 2. The normalized spacial score (nSPS) is 25.2. The number of anilines is 1. The number of nitrogens with zero attached hydrogens (tertiary/aromatic N) is 2. The molecule has 33 heavy (non-hydrogen) atoms. The second kappa shape index (κ2) is 9.33. The molecule has 2 aromatic rings. The Hall–Kier alpha value is -3.23. The summed E-state index contributed by atoms with van der Waals surface area (Å²) < 4.78 is 31.6. The molecule has 8 heteroatoms. The molecule has 2 N–H and O–H groups in total. The summed E-state index contributed by atoms with van der Waals surface area (Å²) in [4.78, 5) is 40.6. The SMILES string of the molecule is [2H]C([2H])(Nc1cccc2c1CN(C1([2H])CCC(=O)NC1=O)C2=O)c1cccc(CN2CCOCC2)c1. The molecule has 3 heterocycles. The topological polar surface area (TPSA) is 91.0 Å². The number of imide groups is 1. The van der Waals surface area contributed by atoms with Gasteiger partial charge in [0.05, 0.1) is 17.3 Å². The minimum Gasteiger partial charge on any atom is -0.381 e. The van der Waals surface area contributed by atoms with Gasteiger partial charge in [-0.1, -0.05) is 30.3 Å². The Balaban J connectivity index is 1.37. The van der Waals surface area contributed by atoms with E-state index in [1.807, 2.05) is 18.2 Å². The maximum atomic E-state index is 13.2. The van der Waals surface area contributed by atoms with Gasteiger partial charge in [-0.2, -0.15) is 0 Å². The maximum Gasteiger partial charge on any atom is 0.255 e. The number of piperidine rings is 1. The lowest BCUT2D eigenvalue weighted by Gasteiger charge is -2.29. The van der Waals surface area contributed by atoms with Crippen LogP contribution in [0, 0.1) is 0 Å². The van der Waals surface area contributed by atoms with Crippen molar-refractivity contribution in [3.05, 3.63) is 64.7 Å². The molecule has 1 atom stereocenters. The van der Waals surface area contributed by atoms with Crippen LogP contribution in [0.5, 0.6) is 0 Å². The van der Waals surface area contributed by atoms with Crippen LogP contribution >= 0.6 is 0 Å². The predicted molar refractivity (Wildman–Crippen MR) is 122 cm³/mol. The van der Waals surface area contributed by atoms with Crippen LogP contribution in [0.4, 0.5) is 5.69 Å². The molecule has 0 radical (unpaired) electrons. The molecule has 5 rings (SSSR count). The molecule has 172 valence electrons. The Bertz CT molecular complexity index is 1220. The van der Waals surface area contributed by atoms with Crippen LogP contribution in [-0.4, -0.2) is 59.8 Å². The first-order chi connectivity index (χ1) is 17.2. The van der Waals surface area contributed by atoms with Crippen molar-refractivity contribution in [1.82, 2.24) is 15.1 Å². The number of nitrogens with one attached hydrogen (secondary N) is 2. The highest BCUT2D eigenvalue weighted by Crippen LogP contribution is 2.32. The molecule has 2 aromatic carbocycles. The smallest absolute Gasteiger partial charge is 0.255 e. The number of carbonyl (C=O) groups excluding carboxylic acids is 3. The number of benzene rings is 2. The van der Waals surface area contributed by atoms with Crippen LogP contribution in [-0.2, 0) is 33.9 Å². The van der Waals surface area contributed by atoms with E-state index < -0.39 is 30.2 Å². The zero-order valence-electron chi connectivity index (χ0n) is 21.2. The van der Waals surface area contributed by atoms with Crippen molar-refractivity contribution < 1.29 is 23.2 Å². The summed E-state index contributed by atoms with van der Waals surface area (Å²) in [6.45, 7) is 1.77. The van der Waals surface area contributed by atoms with Crippen molar-refractivity contribution >= 4 is 23.4 Å². The van der Waals surface area contributed by atoms with Gasteiger partial charge in [0.15, 0.2) is 0 Å². The Morgan fingerprint density at radius 2 is 1.91 bits per heavy atom. The van der Waals surface area contributed by atoms with Crippen LogP contribution in [0.2, 0.25) is 0 Å². The summed E-state index contributed by atoms with van der Waals surface area (Å²) in [6.07, 6.45) is -0.110. The lowest BCUT2D eigenvalue weighted by molar-refractivity contribution is -0.136. The second-order valence-corrected chi connectivity index (χ2v) is 8.39. The number of amides is 3. The third-order valence-electron chi connectivity index (χ3n) is 6.18. The van der Waals surface area contributed by atoms with E-state index in [0.717, 1.165) is 23.6 Å². The number of rotatable bonds is 6. The summed E-state index contributed by atoms with van der Waals surface area (Å²) in [5.41, 5.74) is 2.70. The van der Waals surface area contributed by atoms with Crippen molar-refractivity contribution in [2.24, 2.45) is 0 Å². The van der Waals surface area contributed by atoms with Gasteiger partial charge in [0, 0.05) is 55.9 Å². The molecule has 2 fully saturated rings. The minimum absolute atomic E-state index is 0.0240. The minimum atomic E-state index is -1.94. The fourth-order valence-electron chi connectivity index (χ4n) is 4.44. The molecule has 0 aliphatic carbocycles. The molecular weight excluding hydrogens is 420 g/mol. The van der Waals surface area contributed by atoms with E-state index in [0.29, 0.717) is 42.1 Å². The molecule has 2 saturated heterocycles. The zero-order chi connectivity index (χ0) is 25.5. The predicted octanol–water partition coefficient (Wildman–Crippen LogP) is 1.89. The van der Waals surface area contributed by atoms with Gasteiger partial charge in [-0.05, 0) is 29.7 Å². The third kappa shape index (κ3) is 4.62. The third-order valence-corrected chi connectivity index (χ3v) is 6.18. The molecule has 0 bridgehead atoms. The standard InChI is InChI=1S/C25H28N4O4/c30-23-8-7-22(24(31)27-23)29-16-20-19(25(29)32)5-2-6-21(20)26-14-17-3-1-4-18(13-17)15-28-9-11-33-12-10-28/h1-6,13,22,26H,7-12,14-16H2,(H,27,30,31)/i14D2,22D. The second-order valence-electron chi connectivity index (χ2n) is 8.39. The van der Waals surface area contributed by atoms with Crippen molar-refractivity contribution in [3.63, 3.8) is 0 Å². The summed E-state index contributed by atoms with van der Waals surface area (Å²) in [6, 6.07) is 10.4. The van der Waals surface area contributed by atoms with Crippen molar-refractivity contribution in [1.29, 1.82) is 0 Å². The monoisotopic (exact) mass is 451 g/mol. The number of fused-ring (bicyclic) bond motifs is 1. The molecule has 3 aliphatic heterocycles. The van der Waals surface area contributed by atoms with Crippen LogP contribution in [0.25, 0.3) is 0 Å². The van der Waals surface area contributed by atoms with Gasteiger partial charge in [-0.25, -0.2) is 0 Å². The first-order valence-electron chi connectivity index (χ1n) is 12.6. The summed E-state index contributed by atoms with van der Waals surface area (Å²) in [5.74, 6) is -1.76. The van der Waals surface area contributed by atoms with Gasteiger partial charge in [-0.15, -0.1) is 0 Å². The van der Waals surface area contributed by atoms with Crippen molar-refractivity contribution in [3.8, 4) is 0 Å². The molecule has 0 aromatic heterocycles. The highest BCUT2D eigenvalue weighted by Gasteiger charge is 2.39. The van der Waals surface area contributed by atoms with E-state index in [-0.39, 0.29) is 19.4 Å². The van der Waals surface area contributed by atoms with Gasteiger partial charge in [-0.3, -0.25) is 24.6 Å². The largest absolute Gasteiger partial charge is 0.381 e. The van der Waals surface area contributed by atoms with Crippen molar-refractivity contribution in [2.75, 3.05) is 31.6 Å². The van der Waals surface area contributed by atoms with Gasteiger partial charge in [0.1, 0.15) is 6.02 Å². The Morgan fingerprint density at radius 3 is 2.73 bits per heavy atom. The first-order valence-corrected chi connectivity index (χ1v) is 11.1. The Labute approximate surface area is 197 Å². The van der Waals surface area contributed by atoms with Crippen LogP contribution < -0.4 is 10.6 Å². The number of ether oxygens (including phenoxy) is 1. The molecule has 3 amide bonds. The number of carbonyl (C=O) groups is 3. The highest BCUT2D eigenvalue weighted by molar-refractivity contribution is 6.06. The molecule has 1 unspecified atom stereocenters. The summed E-state index contributed by atoms with van der Waals surface area (Å²) in [5, 5.41) is 5.10. The van der Waals surface area contributed by atoms with Gasteiger partial charge in [0.25, 0.3) is 5.91 Å². The quantitative estimate of drug-likeness (QED) is 0.652. The Kier molecular flexibility index (Phi) is 5.15. The fraction of sp³-hybridized carbons (Fsp3) is 0.400. The van der Waals surface area contributed by atoms with Gasteiger partial charge >= 0.3 is 0 Å². The van der Waals surface area contributed by atoms with E-state index >= 15 is 0 Å². The molecule has 0 saturated carbocycles. The van der Waals surface area contributed by atoms with E-state index in [2.05, 4.69) is 15.5 Å². The number of morpholine rings is 1. The van der Waals surface area contributed by atoms with Crippen LogP contribution in [0.1, 0.15) is 44.0 Å². The lowest BCUT2D eigenvalue weighted by Crippen LogP contribution is -2.52. The number of hydrogen-bond acceptors (Lipinski definition) is 6. The van der Waals surface area contributed by atoms with Gasteiger partial charge < -0.3 is 15.0 Å². The maximum absolute atomic E-state index is 13.2. The summed E-state index contributed by atoms with van der Waals surface area (Å²) >= 11 is 0. The first kappa shape index (κ1) is 18.2. The molecule has 8 nitrogen and oxygen atoms in total. The fourth-order valence-corrected chi connectivity index (χ4v) is 4.44.